The van der Waals surface area contributed by atoms with Gasteiger partial charge >= 0.3 is 0 Å². The zero-order valence-corrected chi connectivity index (χ0v) is 12.0. The largest absolute Gasteiger partial charge is 0.326 e. The van der Waals surface area contributed by atoms with Crippen LogP contribution in [0.4, 0.5) is 0 Å². The molecule has 0 aromatic carbocycles. The maximum Gasteiger partial charge on any atom is 0.0641 e. The summed E-state index contributed by atoms with van der Waals surface area (Å²) in [5.41, 5.74) is 9.78. The average Bonchev–Trinajstić information content (AvgIpc) is 2.45. The standard InChI is InChI=1S/C13H26N4/c1-9(2)13(14)8-16(5)7-12-10(3)15-17(6)11(12)4/h9,13H,7-8,14H2,1-6H3. The molecule has 0 aliphatic heterocycles. The number of nitrogens with zero attached hydrogens (tertiary/aromatic N) is 3. The van der Waals surface area contributed by atoms with Crippen LogP contribution in [0.15, 0.2) is 0 Å². The molecule has 0 aliphatic rings. The van der Waals surface area contributed by atoms with Gasteiger partial charge in [0, 0.05) is 37.4 Å². The predicted octanol–water partition coefficient (Wildman–Crippen LogP) is 1.45. The maximum atomic E-state index is 6.09. The molecular formula is C13H26N4. The van der Waals surface area contributed by atoms with E-state index >= 15 is 0 Å². The summed E-state index contributed by atoms with van der Waals surface area (Å²) >= 11 is 0. The van der Waals surface area contributed by atoms with Crippen molar-refractivity contribution in [3.05, 3.63) is 17.0 Å². The van der Waals surface area contributed by atoms with E-state index in [1.54, 1.807) is 0 Å². The molecule has 4 heteroatoms. The van der Waals surface area contributed by atoms with E-state index in [0.29, 0.717) is 5.92 Å². The Bertz CT molecular complexity index is 368. The fourth-order valence-electron chi connectivity index (χ4n) is 1.95. The van der Waals surface area contributed by atoms with Crippen LogP contribution >= 0.6 is 0 Å². The second-order valence-electron chi connectivity index (χ2n) is 5.38. The molecule has 0 saturated carbocycles. The van der Waals surface area contributed by atoms with Gasteiger partial charge in [0.1, 0.15) is 0 Å². The highest BCUT2D eigenvalue weighted by Gasteiger charge is 2.14. The molecule has 1 aromatic rings. The van der Waals surface area contributed by atoms with Crippen LogP contribution in [-0.2, 0) is 13.6 Å². The van der Waals surface area contributed by atoms with E-state index in [1.807, 2.05) is 11.7 Å². The van der Waals surface area contributed by atoms with Crippen molar-refractivity contribution in [2.45, 2.75) is 40.3 Å². The van der Waals surface area contributed by atoms with Gasteiger partial charge in [0.2, 0.25) is 0 Å². The number of nitrogens with two attached hydrogens (primary N) is 1. The molecule has 1 atom stereocenters. The summed E-state index contributed by atoms with van der Waals surface area (Å²) in [5, 5.41) is 4.44. The second-order valence-corrected chi connectivity index (χ2v) is 5.38. The van der Waals surface area contributed by atoms with Crippen molar-refractivity contribution in [3.8, 4) is 0 Å². The lowest BCUT2D eigenvalue weighted by Crippen LogP contribution is -2.38. The van der Waals surface area contributed by atoms with Gasteiger partial charge in [-0.05, 0) is 26.8 Å². The summed E-state index contributed by atoms with van der Waals surface area (Å²) in [4.78, 5) is 2.28. The molecule has 0 radical (unpaired) electrons. The molecule has 2 N–H and O–H groups in total. The summed E-state index contributed by atoms with van der Waals surface area (Å²) < 4.78 is 1.95. The van der Waals surface area contributed by atoms with Gasteiger partial charge in [-0.1, -0.05) is 13.8 Å². The van der Waals surface area contributed by atoms with Crippen LogP contribution in [0.1, 0.15) is 30.8 Å². The van der Waals surface area contributed by atoms with E-state index in [2.05, 4.69) is 44.7 Å². The Balaban J connectivity index is 2.65. The quantitative estimate of drug-likeness (QED) is 0.844. The third-order valence-corrected chi connectivity index (χ3v) is 3.47. The minimum atomic E-state index is 0.234. The van der Waals surface area contributed by atoms with Crippen LogP contribution in [0.25, 0.3) is 0 Å². The zero-order chi connectivity index (χ0) is 13.2. The van der Waals surface area contributed by atoms with E-state index in [4.69, 9.17) is 5.73 Å². The third kappa shape index (κ3) is 3.54. The van der Waals surface area contributed by atoms with Crippen LogP contribution < -0.4 is 5.73 Å². The molecule has 0 amide bonds. The molecule has 1 aromatic heterocycles. The molecule has 1 unspecified atom stereocenters. The first-order valence-corrected chi connectivity index (χ1v) is 6.26. The van der Waals surface area contributed by atoms with Crippen LogP contribution in [0, 0.1) is 19.8 Å². The minimum absolute atomic E-state index is 0.234. The van der Waals surface area contributed by atoms with E-state index in [1.165, 1.54) is 11.3 Å². The topological polar surface area (TPSA) is 47.1 Å². The van der Waals surface area contributed by atoms with Crippen molar-refractivity contribution in [2.75, 3.05) is 13.6 Å². The Morgan fingerprint density at radius 1 is 1.35 bits per heavy atom. The van der Waals surface area contributed by atoms with Gasteiger partial charge < -0.3 is 10.6 Å². The highest BCUT2D eigenvalue weighted by molar-refractivity contribution is 5.24. The van der Waals surface area contributed by atoms with Crippen LogP contribution in [0.5, 0.6) is 0 Å². The molecule has 1 rings (SSSR count). The third-order valence-electron chi connectivity index (χ3n) is 3.47. The molecule has 0 bridgehead atoms. The van der Waals surface area contributed by atoms with Crippen molar-refractivity contribution in [3.63, 3.8) is 0 Å². The van der Waals surface area contributed by atoms with Gasteiger partial charge in [0.25, 0.3) is 0 Å². The predicted molar refractivity (Wildman–Crippen MR) is 71.8 cm³/mol. The average molecular weight is 238 g/mol. The first kappa shape index (κ1) is 14.2. The molecule has 0 spiro atoms. The molecule has 98 valence electrons. The number of likely N-dealkylation sites (N-methyl/N-ethyl adjacent to an activating group) is 1. The summed E-state index contributed by atoms with van der Waals surface area (Å²) in [5.74, 6) is 0.522. The Labute approximate surface area is 105 Å². The SMILES string of the molecule is Cc1nn(C)c(C)c1CN(C)CC(N)C(C)C. The smallest absolute Gasteiger partial charge is 0.0641 e. The Morgan fingerprint density at radius 3 is 2.35 bits per heavy atom. The van der Waals surface area contributed by atoms with Gasteiger partial charge in [-0.3, -0.25) is 4.68 Å². The highest BCUT2D eigenvalue weighted by atomic mass is 15.3. The Hall–Kier alpha value is -0.870. The molecular weight excluding hydrogens is 212 g/mol. The second kappa shape index (κ2) is 5.65. The number of rotatable bonds is 5. The first-order valence-electron chi connectivity index (χ1n) is 6.26. The molecule has 0 fully saturated rings. The van der Waals surface area contributed by atoms with Crippen molar-refractivity contribution in [1.29, 1.82) is 0 Å². The van der Waals surface area contributed by atoms with Crippen molar-refractivity contribution in [1.82, 2.24) is 14.7 Å². The Kier molecular flexibility index (Phi) is 4.71. The van der Waals surface area contributed by atoms with E-state index in [9.17, 15) is 0 Å². The molecule has 0 saturated heterocycles. The molecule has 17 heavy (non-hydrogen) atoms. The number of aryl methyl sites for hydroxylation is 2. The van der Waals surface area contributed by atoms with Gasteiger partial charge in [-0.15, -0.1) is 0 Å². The Morgan fingerprint density at radius 2 is 1.94 bits per heavy atom. The van der Waals surface area contributed by atoms with Gasteiger partial charge in [-0.25, -0.2) is 0 Å². The summed E-state index contributed by atoms with van der Waals surface area (Å²) in [7, 11) is 4.11. The van der Waals surface area contributed by atoms with Gasteiger partial charge in [0.05, 0.1) is 5.69 Å². The number of aromatic nitrogens is 2. The summed E-state index contributed by atoms with van der Waals surface area (Å²) in [6, 6.07) is 0.234. The van der Waals surface area contributed by atoms with E-state index < -0.39 is 0 Å². The van der Waals surface area contributed by atoms with E-state index in [-0.39, 0.29) is 6.04 Å². The van der Waals surface area contributed by atoms with Crippen molar-refractivity contribution in [2.24, 2.45) is 18.7 Å². The van der Waals surface area contributed by atoms with Gasteiger partial charge in [-0.2, -0.15) is 5.10 Å². The first-order chi connectivity index (χ1) is 7.82. The fourth-order valence-corrected chi connectivity index (χ4v) is 1.95. The minimum Gasteiger partial charge on any atom is -0.326 e. The van der Waals surface area contributed by atoms with Crippen molar-refractivity contribution < 1.29 is 0 Å². The van der Waals surface area contributed by atoms with E-state index in [0.717, 1.165) is 18.8 Å². The van der Waals surface area contributed by atoms with Crippen LogP contribution in [0.3, 0.4) is 0 Å². The normalized spacial score (nSPS) is 13.7. The maximum absolute atomic E-state index is 6.09. The van der Waals surface area contributed by atoms with Gasteiger partial charge in [0.15, 0.2) is 0 Å². The lowest BCUT2D eigenvalue weighted by Gasteiger charge is -2.23. The molecule has 0 aliphatic carbocycles. The van der Waals surface area contributed by atoms with Crippen LogP contribution in [0.2, 0.25) is 0 Å². The zero-order valence-electron chi connectivity index (χ0n) is 12.0. The lowest BCUT2D eigenvalue weighted by molar-refractivity contribution is 0.276. The lowest BCUT2D eigenvalue weighted by atomic mass is 10.0. The molecule has 4 nitrogen and oxygen atoms in total. The van der Waals surface area contributed by atoms with Crippen LogP contribution in [-0.4, -0.2) is 34.3 Å². The number of hydrogen-bond donors (Lipinski definition) is 1. The summed E-state index contributed by atoms with van der Waals surface area (Å²) in [6.45, 7) is 10.4. The van der Waals surface area contributed by atoms with Crippen molar-refractivity contribution >= 4 is 0 Å². The monoisotopic (exact) mass is 238 g/mol. The number of hydrogen-bond acceptors (Lipinski definition) is 3. The fraction of sp³-hybridized carbons (Fsp3) is 0.769. The molecule has 1 heterocycles. The summed E-state index contributed by atoms with van der Waals surface area (Å²) in [6.07, 6.45) is 0. The highest BCUT2D eigenvalue weighted by Crippen LogP contribution is 2.14.